The van der Waals surface area contributed by atoms with Crippen LogP contribution in [0, 0.1) is 0 Å². The van der Waals surface area contributed by atoms with Gasteiger partial charge in [-0.05, 0) is 0 Å². The van der Waals surface area contributed by atoms with Gasteiger partial charge in [-0.3, -0.25) is 4.49 Å². The van der Waals surface area contributed by atoms with Crippen LogP contribution in [0.3, 0.4) is 0 Å². The Morgan fingerprint density at radius 2 is 2.08 bits per heavy atom. The molecule has 3 heteroatoms. The summed E-state index contributed by atoms with van der Waals surface area (Å²) in [6.45, 7) is 2.91. The molecular formula is C10H13BNO+. The first-order valence-electron chi connectivity index (χ1n) is 4.66. The molecule has 2 rings (SSSR count). The van der Waals surface area contributed by atoms with Crippen LogP contribution in [0.25, 0.3) is 0 Å². The summed E-state index contributed by atoms with van der Waals surface area (Å²) in [7, 11) is 0.163. The van der Waals surface area contributed by atoms with Gasteiger partial charge >= 0.3 is 7.05 Å². The number of hydrogen-bond donors (Lipinski definition) is 0. The highest BCUT2D eigenvalue weighted by Crippen LogP contribution is 2.14. The fourth-order valence-electron chi connectivity index (χ4n) is 1.57. The van der Waals surface area contributed by atoms with E-state index in [1.807, 2.05) is 18.2 Å². The summed E-state index contributed by atoms with van der Waals surface area (Å²) in [5.41, 5.74) is 1.20. The summed E-state index contributed by atoms with van der Waals surface area (Å²) in [5.74, 6) is 0. The van der Waals surface area contributed by atoms with E-state index in [0.717, 1.165) is 13.0 Å². The Bertz CT molecular complexity index is 310. The van der Waals surface area contributed by atoms with Crippen molar-refractivity contribution in [3.63, 3.8) is 0 Å². The summed E-state index contributed by atoms with van der Waals surface area (Å²) in [4.78, 5) is 0. The van der Waals surface area contributed by atoms with Crippen LogP contribution >= 0.6 is 0 Å². The molecule has 1 aromatic rings. The van der Waals surface area contributed by atoms with Crippen LogP contribution in [0.4, 0.5) is 5.69 Å². The van der Waals surface area contributed by atoms with E-state index in [9.17, 15) is 0 Å². The molecule has 0 spiro atoms. The summed E-state index contributed by atoms with van der Waals surface area (Å²) in [5, 5.41) is 0. The van der Waals surface area contributed by atoms with Gasteiger partial charge in [-0.2, -0.15) is 0 Å². The number of para-hydroxylation sites is 1. The third-order valence-electron chi connectivity index (χ3n) is 2.25. The largest absolute Gasteiger partial charge is 0.656 e. The molecule has 0 aliphatic carbocycles. The molecule has 0 bridgehead atoms. The first kappa shape index (κ1) is 8.51. The maximum absolute atomic E-state index is 5.54. The number of hydrogen-bond acceptors (Lipinski definition) is 1. The predicted octanol–water partition coefficient (Wildman–Crippen LogP) is 1.94. The minimum Gasteiger partial charge on any atom is -0.373 e. The molecule has 1 heterocycles. The molecule has 0 saturated heterocycles. The third kappa shape index (κ3) is 1.81. The van der Waals surface area contributed by atoms with Gasteiger partial charge < -0.3 is 4.65 Å². The van der Waals surface area contributed by atoms with E-state index in [1.165, 1.54) is 5.69 Å². The summed E-state index contributed by atoms with van der Waals surface area (Å²) in [6.07, 6.45) is 3.20. The lowest BCUT2D eigenvalue weighted by Crippen LogP contribution is -2.33. The molecular weight excluding hydrogens is 161 g/mol. The molecule has 0 aromatic heterocycles. The van der Waals surface area contributed by atoms with Crippen molar-refractivity contribution in [3.05, 3.63) is 30.3 Å². The molecule has 0 N–H and O–H groups in total. The molecule has 66 valence electrons. The van der Waals surface area contributed by atoms with Crippen molar-refractivity contribution in [2.75, 3.05) is 6.61 Å². The zero-order chi connectivity index (χ0) is 9.10. The first-order valence-corrected chi connectivity index (χ1v) is 4.66. The van der Waals surface area contributed by atoms with Gasteiger partial charge in [-0.25, -0.2) is 0 Å². The van der Waals surface area contributed by atoms with E-state index in [0.29, 0.717) is 0 Å². The molecule has 1 aliphatic rings. The van der Waals surface area contributed by atoms with Crippen molar-refractivity contribution >= 4 is 19.0 Å². The normalized spacial score (nSPS) is 17.0. The van der Waals surface area contributed by atoms with Crippen molar-refractivity contribution in [2.45, 2.75) is 13.2 Å². The second-order valence-electron chi connectivity index (χ2n) is 3.18. The van der Waals surface area contributed by atoms with Gasteiger partial charge in [0.05, 0.1) is 0 Å². The van der Waals surface area contributed by atoms with Crippen molar-refractivity contribution in [1.29, 1.82) is 0 Å². The Kier molecular flexibility index (Phi) is 2.46. The van der Waals surface area contributed by atoms with Crippen LogP contribution in [0.5, 0.6) is 0 Å². The Morgan fingerprint density at radius 1 is 1.31 bits per heavy atom. The van der Waals surface area contributed by atoms with Crippen LogP contribution in [0.1, 0.15) is 6.42 Å². The van der Waals surface area contributed by atoms with Gasteiger partial charge in [-0.15, -0.1) is 0 Å². The molecule has 0 unspecified atom stereocenters. The Hall–Kier alpha value is -1.09. The van der Waals surface area contributed by atoms with Crippen molar-refractivity contribution in [1.82, 2.24) is 0 Å². The average molecular weight is 174 g/mol. The lowest BCUT2D eigenvalue weighted by atomic mass is 9.84. The second kappa shape index (κ2) is 3.75. The van der Waals surface area contributed by atoms with Crippen molar-refractivity contribution < 1.29 is 9.14 Å². The van der Waals surface area contributed by atoms with Crippen LogP contribution in [-0.2, 0) is 4.65 Å². The van der Waals surface area contributed by atoms with E-state index >= 15 is 0 Å². The monoisotopic (exact) mass is 174 g/mol. The molecule has 1 aliphatic heterocycles. The Balaban J connectivity index is 2.30. The highest BCUT2D eigenvalue weighted by atomic mass is 16.4. The molecule has 0 fully saturated rings. The van der Waals surface area contributed by atoms with Gasteiger partial charge in [0.2, 0.25) is 0 Å². The van der Waals surface area contributed by atoms with Crippen LogP contribution < -0.4 is 0 Å². The molecule has 1 aromatic carbocycles. The van der Waals surface area contributed by atoms with E-state index in [2.05, 4.69) is 29.7 Å². The maximum atomic E-state index is 5.54. The topological polar surface area (TPSA) is 12.2 Å². The molecule has 0 radical (unpaired) electrons. The summed E-state index contributed by atoms with van der Waals surface area (Å²) >= 11 is 0. The molecule has 13 heavy (non-hydrogen) atoms. The van der Waals surface area contributed by atoms with Crippen molar-refractivity contribution in [3.8, 4) is 0 Å². The van der Waals surface area contributed by atoms with Crippen molar-refractivity contribution in [2.24, 2.45) is 0 Å². The molecule has 0 atom stereocenters. The quantitative estimate of drug-likeness (QED) is 0.592. The maximum Gasteiger partial charge on any atom is 0.656 e. The van der Waals surface area contributed by atoms with Gasteiger partial charge in [0.15, 0.2) is 5.69 Å². The lowest BCUT2D eigenvalue weighted by Gasteiger charge is -2.12. The zero-order valence-corrected chi connectivity index (χ0v) is 7.81. The van der Waals surface area contributed by atoms with E-state index < -0.39 is 0 Å². The van der Waals surface area contributed by atoms with E-state index in [1.54, 1.807) is 0 Å². The van der Waals surface area contributed by atoms with Crippen LogP contribution in [0.2, 0.25) is 6.82 Å². The SMILES string of the molecule is CB1OCCC=[N+]1c1ccccc1. The number of benzene rings is 1. The minimum atomic E-state index is 0.163. The third-order valence-corrected chi connectivity index (χ3v) is 2.25. The van der Waals surface area contributed by atoms with Gasteiger partial charge in [0, 0.05) is 32.0 Å². The van der Waals surface area contributed by atoms with Gasteiger partial charge in [0.25, 0.3) is 0 Å². The standard InChI is InChI=1S/C10H13BNO/c1-11-12(8-5-9-13-11)10-6-3-2-4-7-10/h2-4,6-8H,5,9H2,1H3/q+1. The van der Waals surface area contributed by atoms with Gasteiger partial charge in [-0.1, -0.05) is 18.2 Å². The first-order chi connectivity index (χ1) is 6.38. The van der Waals surface area contributed by atoms with Gasteiger partial charge in [0.1, 0.15) is 6.21 Å². The molecule has 2 nitrogen and oxygen atoms in total. The Labute approximate surface area is 79.0 Å². The number of rotatable bonds is 1. The molecule has 0 amide bonds. The molecule has 0 saturated carbocycles. The lowest BCUT2D eigenvalue weighted by molar-refractivity contribution is -0.310. The highest BCUT2D eigenvalue weighted by molar-refractivity contribution is 6.42. The predicted molar refractivity (Wildman–Crippen MR) is 54.6 cm³/mol. The van der Waals surface area contributed by atoms with Crippen LogP contribution in [-0.4, -0.2) is 24.4 Å². The summed E-state index contributed by atoms with van der Waals surface area (Å²) < 4.78 is 7.71. The fourth-order valence-corrected chi connectivity index (χ4v) is 1.57. The zero-order valence-electron chi connectivity index (χ0n) is 7.81. The smallest absolute Gasteiger partial charge is 0.373 e. The van der Waals surface area contributed by atoms with Crippen LogP contribution in [0.15, 0.2) is 30.3 Å². The summed E-state index contributed by atoms with van der Waals surface area (Å²) in [6, 6.07) is 10.3. The number of nitrogens with zero attached hydrogens (tertiary/aromatic N) is 1. The highest BCUT2D eigenvalue weighted by Gasteiger charge is 2.30. The Morgan fingerprint density at radius 3 is 2.77 bits per heavy atom. The van der Waals surface area contributed by atoms with E-state index in [4.69, 9.17) is 4.65 Å². The second-order valence-corrected chi connectivity index (χ2v) is 3.18. The fraction of sp³-hybridized carbons (Fsp3) is 0.300. The minimum absolute atomic E-state index is 0.163. The van der Waals surface area contributed by atoms with E-state index in [-0.39, 0.29) is 7.05 Å². The average Bonchev–Trinajstić information content (AvgIpc) is 2.20.